The Balaban J connectivity index is 1.28. The van der Waals surface area contributed by atoms with Crippen LogP contribution in [0.25, 0.3) is 39.2 Å². The lowest BCUT2D eigenvalue weighted by molar-refractivity contribution is 0.306. The summed E-state index contributed by atoms with van der Waals surface area (Å²) in [6.45, 7) is 0.270. The summed E-state index contributed by atoms with van der Waals surface area (Å²) in [6.07, 6.45) is 0. The lowest BCUT2D eigenvalue weighted by atomic mass is 10.1. The number of hydrogen-bond acceptors (Lipinski definition) is 4. The number of benzene rings is 4. The molecule has 0 fully saturated rings. The topological polar surface area (TPSA) is 57.3 Å². The Hall–Kier alpha value is -4.90. The number of fused-ring (bicyclic) bond motifs is 1. The van der Waals surface area contributed by atoms with E-state index in [1.165, 1.54) is 6.07 Å². The van der Waals surface area contributed by atoms with E-state index in [4.69, 9.17) is 14.3 Å². The summed E-state index contributed by atoms with van der Waals surface area (Å²) in [7, 11) is 0. The van der Waals surface area contributed by atoms with Crippen LogP contribution in [-0.2, 0) is 6.61 Å². The SMILES string of the molecule is O=c1cc(COc2ccc(-c3cc(-c4ccccc4)n(-c4ccccc4)n3)cc2)c2ccccc2o1. The number of hydrogen-bond donors (Lipinski definition) is 0. The van der Waals surface area contributed by atoms with Crippen LogP contribution in [0.1, 0.15) is 5.56 Å². The van der Waals surface area contributed by atoms with Crippen molar-refractivity contribution in [2.45, 2.75) is 6.61 Å². The van der Waals surface area contributed by atoms with E-state index in [9.17, 15) is 4.79 Å². The van der Waals surface area contributed by atoms with Gasteiger partial charge >= 0.3 is 5.63 Å². The van der Waals surface area contributed by atoms with Crippen LogP contribution in [0.3, 0.4) is 0 Å². The van der Waals surface area contributed by atoms with E-state index < -0.39 is 0 Å². The van der Waals surface area contributed by atoms with Gasteiger partial charge in [-0.2, -0.15) is 5.10 Å². The van der Waals surface area contributed by atoms with Gasteiger partial charge < -0.3 is 9.15 Å². The first kappa shape index (κ1) is 21.6. The summed E-state index contributed by atoms with van der Waals surface area (Å²) in [6, 6.07) is 39.3. The molecule has 4 aromatic carbocycles. The lowest BCUT2D eigenvalue weighted by Crippen LogP contribution is -2.04. The molecule has 36 heavy (non-hydrogen) atoms. The second kappa shape index (κ2) is 9.39. The molecular formula is C31H22N2O3. The molecule has 0 aliphatic carbocycles. The van der Waals surface area contributed by atoms with Crippen molar-refractivity contribution in [1.29, 1.82) is 0 Å². The molecule has 6 aromatic rings. The number of nitrogens with zero attached hydrogens (tertiary/aromatic N) is 2. The highest BCUT2D eigenvalue weighted by Crippen LogP contribution is 2.30. The maximum Gasteiger partial charge on any atom is 0.336 e. The highest BCUT2D eigenvalue weighted by Gasteiger charge is 2.13. The van der Waals surface area contributed by atoms with Gasteiger partial charge in [-0.15, -0.1) is 0 Å². The Labute approximate surface area is 207 Å². The number of aromatic nitrogens is 2. The fourth-order valence-corrected chi connectivity index (χ4v) is 4.28. The summed E-state index contributed by atoms with van der Waals surface area (Å²) in [5.41, 5.74) is 5.94. The van der Waals surface area contributed by atoms with Crippen LogP contribution in [0.5, 0.6) is 5.75 Å². The second-order valence-corrected chi connectivity index (χ2v) is 8.43. The van der Waals surface area contributed by atoms with E-state index >= 15 is 0 Å². The van der Waals surface area contributed by atoms with E-state index in [2.05, 4.69) is 18.2 Å². The highest BCUT2D eigenvalue weighted by atomic mass is 16.5. The normalized spacial score (nSPS) is 11.0. The highest BCUT2D eigenvalue weighted by molar-refractivity contribution is 5.80. The van der Waals surface area contributed by atoms with Crippen molar-refractivity contribution in [1.82, 2.24) is 9.78 Å². The number of ether oxygens (including phenoxy) is 1. The van der Waals surface area contributed by atoms with Crippen LogP contribution < -0.4 is 10.4 Å². The van der Waals surface area contributed by atoms with Crippen molar-refractivity contribution < 1.29 is 9.15 Å². The minimum Gasteiger partial charge on any atom is -0.489 e. The summed E-state index contributed by atoms with van der Waals surface area (Å²) in [5.74, 6) is 0.710. The van der Waals surface area contributed by atoms with Crippen molar-refractivity contribution >= 4 is 11.0 Å². The first-order chi connectivity index (χ1) is 17.7. The molecule has 0 atom stereocenters. The molecular weight excluding hydrogens is 448 g/mol. The van der Waals surface area contributed by atoms with Crippen LogP contribution in [0.4, 0.5) is 0 Å². The Bertz CT molecular complexity index is 1630. The molecule has 6 rings (SSSR count). The van der Waals surface area contributed by atoms with Gasteiger partial charge in [-0.05, 0) is 48.5 Å². The lowest BCUT2D eigenvalue weighted by Gasteiger charge is -2.09. The third kappa shape index (κ3) is 4.30. The Morgan fingerprint density at radius 3 is 2.19 bits per heavy atom. The molecule has 0 spiro atoms. The Kier molecular flexibility index (Phi) is 5.64. The predicted octanol–water partition coefficient (Wildman–Crippen LogP) is 6.89. The average molecular weight is 471 g/mol. The maximum atomic E-state index is 11.9. The second-order valence-electron chi connectivity index (χ2n) is 8.43. The Morgan fingerprint density at radius 2 is 1.42 bits per heavy atom. The molecule has 2 heterocycles. The summed E-state index contributed by atoms with van der Waals surface area (Å²) in [4.78, 5) is 11.9. The first-order valence-corrected chi connectivity index (χ1v) is 11.7. The van der Waals surface area contributed by atoms with Gasteiger partial charge in [0.15, 0.2) is 0 Å². The third-order valence-corrected chi connectivity index (χ3v) is 6.06. The van der Waals surface area contributed by atoms with Gasteiger partial charge in [0.05, 0.1) is 17.1 Å². The molecule has 0 aliphatic rings. The third-order valence-electron chi connectivity index (χ3n) is 6.06. The number of para-hydroxylation sites is 2. The molecule has 5 heteroatoms. The molecule has 5 nitrogen and oxygen atoms in total. The van der Waals surface area contributed by atoms with E-state index in [1.807, 2.05) is 95.7 Å². The zero-order chi connectivity index (χ0) is 24.3. The van der Waals surface area contributed by atoms with Gasteiger partial charge in [-0.3, -0.25) is 0 Å². The number of rotatable bonds is 6. The van der Waals surface area contributed by atoms with Crippen molar-refractivity contribution in [3.05, 3.63) is 137 Å². The van der Waals surface area contributed by atoms with Crippen LogP contribution in [-0.4, -0.2) is 9.78 Å². The fourth-order valence-electron chi connectivity index (χ4n) is 4.28. The van der Waals surface area contributed by atoms with Crippen molar-refractivity contribution in [2.75, 3.05) is 0 Å². The van der Waals surface area contributed by atoms with Gasteiger partial charge in [0.25, 0.3) is 0 Å². The van der Waals surface area contributed by atoms with Crippen LogP contribution in [0.2, 0.25) is 0 Å². The van der Waals surface area contributed by atoms with Crippen LogP contribution >= 0.6 is 0 Å². The summed E-state index contributed by atoms with van der Waals surface area (Å²) >= 11 is 0. The zero-order valence-corrected chi connectivity index (χ0v) is 19.4. The van der Waals surface area contributed by atoms with Crippen molar-refractivity contribution in [3.8, 4) is 34.0 Å². The molecule has 174 valence electrons. The van der Waals surface area contributed by atoms with E-state index in [0.29, 0.717) is 11.3 Å². The molecule has 2 aromatic heterocycles. The predicted molar refractivity (Wildman–Crippen MR) is 141 cm³/mol. The average Bonchev–Trinajstić information content (AvgIpc) is 3.38. The van der Waals surface area contributed by atoms with E-state index in [1.54, 1.807) is 6.07 Å². The molecule has 0 unspecified atom stereocenters. The molecule has 0 radical (unpaired) electrons. The molecule has 0 aliphatic heterocycles. The van der Waals surface area contributed by atoms with Gasteiger partial charge in [0.2, 0.25) is 0 Å². The minimum absolute atomic E-state index is 0.270. The standard InChI is InChI=1S/C31H22N2O3/c34-31-19-24(27-13-7-8-14-30(27)36-31)21-35-26-17-15-22(16-18-26)28-20-29(23-9-3-1-4-10-23)33(32-28)25-11-5-2-6-12-25/h1-20H,21H2. The summed E-state index contributed by atoms with van der Waals surface area (Å²) < 4.78 is 13.3. The van der Waals surface area contributed by atoms with E-state index in [-0.39, 0.29) is 12.2 Å². The summed E-state index contributed by atoms with van der Waals surface area (Å²) in [5, 5.41) is 5.79. The van der Waals surface area contributed by atoms with Crippen molar-refractivity contribution in [2.24, 2.45) is 0 Å². The van der Waals surface area contributed by atoms with Crippen LogP contribution in [0.15, 0.2) is 131 Å². The smallest absolute Gasteiger partial charge is 0.336 e. The fraction of sp³-hybridized carbons (Fsp3) is 0.0323. The van der Waals surface area contributed by atoms with Crippen molar-refractivity contribution in [3.63, 3.8) is 0 Å². The quantitative estimate of drug-likeness (QED) is 0.249. The molecule has 0 amide bonds. The first-order valence-electron chi connectivity index (χ1n) is 11.7. The molecule has 0 saturated carbocycles. The monoisotopic (exact) mass is 470 g/mol. The molecule has 0 N–H and O–H groups in total. The minimum atomic E-state index is -0.383. The van der Waals surface area contributed by atoms with Gasteiger partial charge in [0.1, 0.15) is 17.9 Å². The maximum absolute atomic E-state index is 11.9. The van der Waals surface area contributed by atoms with Gasteiger partial charge in [-0.25, -0.2) is 9.48 Å². The van der Waals surface area contributed by atoms with Crippen LogP contribution in [0, 0.1) is 0 Å². The Morgan fingerprint density at radius 1 is 0.722 bits per heavy atom. The van der Waals surface area contributed by atoms with Gasteiger partial charge in [-0.1, -0.05) is 66.7 Å². The van der Waals surface area contributed by atoms with E-state index in [0.717, 1.165) is 39.2 Å². The zero-order valence-electron chi connectivity index (χ0n) is 19.4. The largest absolute Gasteiger partial charge is 0.489 e. The van der Waals surface area contributed by atoms with Gasteiger partial charge in [0, 0.05) is 28.1 Å². The molecule has 0 saturated heterocycles. The molecule has 0 bridgehead atoms.